The molecule has 1 aromatic rings. The maximum Gasteiger partial charge on any atom is 0.162 e. The summed E-state index contributed by atoms with van der Waals surface area (Å²) in [5.41, 5.74) is 0. The Morgan fingerprint density at radius 2 is 2.11 bits per heavy atom. The quantitative estimate of drug-likeness (QED) is 0.781. The van der Waals surface area contributed by atoms with Crippen molar-refractivity contribution in [3.8, 4) is 11.5 Å². The van der Waals surface area contributed by atoms with Crippen molar-refractivity contribution in [2.75, 3.05) is 32.1 Å². The molecule has 106 valence electrons. The van der Waals surface area contributed by atoms with Crippen LogP contribution < -0.4 is 14.8 Å². The molecule has 0 bridgehead atoms. The number of likely N-dealkylation sites (N-methyl/N-ethyl adjacent to an activating group) is 1. The molecule has 0 aliphatic carbocycles. The molecule has 2 rings (SSSR count). The number of fused-ring (bicyclic) bond motifs is 1. The van der Waals surface area contributed by atoms with E-state index in [-0.39, 0.29) is 6.10 Å². The summed E-state index contributed by atoms with van der Waals surface area (Å²) in [7, 11) is 0. The summed E-state index contributed by atoms with van der Waals surface area (Å²) in [6.45, 7) is 4.95. The third-order valence-corrected chi connectivity index (χ3v) is 3.93. The predicted molar refractivity (Wildman–Crippen MR) is 77.3 cm³/mol. The van der Waals surface area contributed by atoms with E-state index in [0.717, 1.165) is 29.4 Å². The van der Waals surface area contributed by atoms with Crippen LogP contribution in [0.1, 0.15) is 13.3 Å². The van der Waals surface area contributed by atoms with Gasteiger partial charge < -0.3 is 19.9 Å². The fourth-order valence-corrected chi connectivity index (χ4v) is 2.65. The fourth-order valence-electron chi connectivity index (χ4n) is 1.80. The lowest BCUT2D eigenvalue weighted by atomic mass is 10.3. The molecule has 1 aliphatic heterocycles. The van der Waals surface area contributed by atoms with Crippen LogP contribution in [0, 0.1) is 0 Å². The van der Waals surface area contributed by atoms with E-state index < -0.39 is 0 Å². The molecule has 5 heteroatoms. The minimum Gasteiger partial charge on any atom is -0.490 e. The number of ether oxygens (including phenoxy) is 2. The highest BCUT2D eigenvalue weighted by atomic mass is 32.2. The Morgan fingerprint density at radius 3 is 2.89 bits per heavy atom. The number of nitrogens with one attached hydrogen (secondary N) is 1. The van der Waals surface area contributed by atoms with Gasteiger partial charge in [-0.25, -0.2) is 0 Å². The predicted octanol–water partition coefficient (Wildman–Crippen LogP) is 1.91. The van der Waals surface area contributed by atoms with Gasteiger partial charge in [-0.3, -0.25) is 0 Å². The number of aliphatic hydroxyl groups excluding tert-OH is 1. The number of benzene rings is 1. The van der Waals surface area contributed by atoms with Crippen LogP contribution in [0.3, 0.4) is 0 Å². The molecule has 0 spiro atoms. The summed E-state index contributed by atoms with van der Waals surface area (Å²) in [5, 5.41) is 12.9. The van der Waals surface area contributed by atoms with Crippen LogP contribution >= 0.6 is 11.8 Å². The van der Waals surface area contributed by atoms with E-state index in [2.05, 4.69) is 5.32 Å². The smallest absolute Gasteiger partial charge is 0.162 e. The van der Waals surface area contributed by atoms with Crippen molar-refractivity contribution < 1.29 is 14.6 Å². The molecule has 0 saturated heterocycles. The highest BCUT2D eigenvalue weighted by Crippen LogP contribution is 2.33. The van der Waals surface area contributed by atoms with E-state index in [1.165, 1.54) is 0 Å². The van der Waals surface area contributed by atoms with Crippen molar-refractivity contribution in [1.29, 1.82) is 0 Å². The van der Waals surface area contributed by atoms with Gasteiger partial charge in [0.2, 0.25) is 0 Å². The summed E-state index contributed by atoms with van der Waals surface area (Å²) < 4.78 is 11.2. The maximum atomic E-state index is 9.79. The van der Waals surface area contributed by atoms with Gasteiger partial charge in [0, 0.05) is 23.6 Å². The zero-order chi connectivity index (χ0) is 13.5. The van der Waals surface area contributed by atoms with E-state index >= 15 is 0 Å². The minimum atomic E-state index is -0.332. The van der Waals surface area contributed by atoms with Gasteiger partial charge in [-0.05, 0) is 24.7 Å². The Hall–Kier alpha value is -0.910. The molecule has 1 aromatic carbocycles. The van der Waals surface area contributed by atoms with Gasteiger partial charge in [-0.2, -0.15) is 0 Å². The lowest BCUT2D eigenvalue weighted by Crippen LogP contribution is -2.28. The summed E-state index contributed by atoms with van der Waals surface area (Å²) in [6, 6.07) is 5.95. The van der Waals surface area contributed by atoms with E-state index in [1.54, 1.807) is 11.8 Å². The first-order valence-corrected chi connectivity index (χ1v) is 7.69. The molecule has 0 aromatic heterocycles. The zero-order valence-corrected chi connectivity index (χ0v) is 12.0. The molecule has 1 atom stereocenters. The molecule has 1 aliphatic rings. The third kappa shape index (κ3) is 4.60. The Kier molecular flexibility index (Phi) is 5.82. The van der Waals surface area contributed by atoms with Crippen molar-refractivity contribution in [2.24, 2.45) is 0 Å². The van der Waals surface area contributed by atoms with Gasteiger partial charge in [-0.15, -0.1) is 11.8 Å². The highest BCUT2D eigenvalue weighted by molar-refractivity contribution is 7.99. The molecule has 1 unspecified atom stereocenters. The van der Waals surface area contributed by atoms with Crippen LogP contribution in [0.15, 0.2) is 23.1 Å². The summed E-state index contributed by atoms with van der Waals surface area (Å²) in [5.74, 6) is 2.30. The molecular formula is C14H21NO3S. The normalized spacial score (nSPS) is 15.9. The second-order valence-electron chi connectivity index (χ2n) is 4.43. The van der Waals surface area contributed by atoms with Gasteiger partial charge >= 0.3 is 0 Å². The Labute approximate surface area is 118 Å². The SMILES string of the molecule is CCNCC(O)CSc1ccc2c(c1)OCCCO2. The average Bonchev–Trinajstić information content (AvgIpc) is 2.67. The standard InChI is InChI=1S/C14H21NO3S/c1-2-15-9-11(16)10-19-12-4-5-13-14(8-12)18-7-3-6-17-13/h4-5,8,11,15-16H,2-3,6-7,9-10H2,1H3. The Morgan fingerprint density at radius 1 is 1.32 bits per heavy atom. The molecule has 1 heterocycles. The molecule has 0 saturated carbocycles. The largest absolute Gasteiger partial charge is 0.490 e. The molecule has 19 heavy (non-hydrogen) atoms. The van der Waals surface area contributed by atoms with Crippen LogP contribution in [0.25, 0.3) is 0 Å². The summed E-state index contributed by atoms with van der Waals surface area (Å²) in [6.07, 6.45) is 0.583. The van der Waals surface area contributed by atoms with Crippen LogP contribution in [0.2, 0.25) is 0 Å². The molecule has 4 nitrogen and oxygen atoms in total. The monoisotopic (exact) mass is 283 g/mol. The number of hydrogen-bond donors (Lipinski definition) is 2. The number of aliphatic hydroxyl groups is 1. The molecule has 2 N–H and O–H groups in total. The number of rotatable bonds is 6. The van der Waals surface area contributed by atoms with Gasteiger partial charge in [0.25, 0.3) is 0 Å². The Balaban J connectivity index is 1.89. The second-order valence-corrected chi connectivity index (χ2v) is 5.52. The topological polar surface area (TPSA) is 50.7 Å². The molecular weight excluding hydrogens is 262 g/mol. The van der Waals surface area contributed by atoms with Crippen molar-refractivity contribution >= 4 is 11.8 Å². The number of thioether (sulfide) groups is 1. The van der Waals surface area contributed by atoms with Crippen molar-refractivity contribution in [2.45, 2.75) is 24.3 Å². The minimum absolute atomic E-state index is 0.332. The van der Waals surface area contributed by atoms with Crippen molar-refractivity contribution in [3.63, 3.8) is 0 Å². The van der Waals surface area contributed by atoms with Crippen LogP contribution in [-0.2, 0) is 0 Å². The van der Waals surface area contributed by atoms with Crippen LogP contribution in [-0.4, -0.2) is 43.3 Å². The molecule has 0 radical (unpaired) electrons. The fraction of sp³-hybridized carbons (Fsp3) is 0.571. The average molecular weight is 283 g/mol. The van der Waals surface area contributed by atoms with Gasteiger partial charge in [-0.1, -0.05) is 6.92 Å². The first-order chi connectivity index (χ1) is 9.29. The van der Waals surface area contributed by atoms with E-state index in [4.69, 9.17) is 9.47 Å². The van der Waals surface area contributed by atoms with E-state index in [0.29, 0.717) is 25.5 Å². The van der Waals surface area contributed by atoms with Crippen molar-refractivity contribution in [3.05, 3.63) is 18.2 Å². The summed E-state index contributed by atoms with van der Waals surface area (Å²) >= 11 is 1.63. The first kappa shape index (κ1) is 14.5. The maximum absolute atomic E-state index is 9.79. The van der Waals surface area contributed by atoms with Crippen LogP contribution in [0.4, 0.5) is 0 Å². The second kappa shape index (κ2) is 7.62. The lowest BCUT2D eigenvalue weighted by Gasteiger charge is -2.12. The van der Waals surface area contributed by atoms with Crippen molar-refractivity contribution in [1.82, 2.24) is 5.32 Å². The summed E-state index contributed by atoms with van der Waals surface area (Å²) in [4.78, 5) is 1.10. The first-order valence-electron chi connectivity index (χ1n) is 6.71. The van der Waals surface area contributed by atoms with Crippen LogP contribution in [0.5, 0.6) is 11.5 Å². The molecule has 0 amide bonds. The van der Waals surface area contributed by atoms with E-state index in [9.17, 15) is 5.11 Å². The van der Waals surface area contributed by atoms with E-state index in [1.807, 2.05) is 25.1 Å². The molecule has 0 fully saturated rings. The third-order valence-electron chi connectivity index (χ3n) is 2.79. The van der Waals surface area contributed by atoms with Gasteiger partial charge in [0.05, 0.1) is 19.3 Å². The lowest BCUT2D eigenvalue weighted by molar-refractivity contribution is 0.197. The number of hydrogen-bond acceptors (Lipinski definition) is 5. The van der Waals surface area contributed by atoms with Gasteiger partial charge in [0.15, 0.2) is 11.5 Å². The van der Waals surface area contributed by atoms with Gasteiger partial charge in [0.1, 0.15) is 0 Å². The Bertz CT molecular complexity index is 400. The highest BCUT2D eigenvalue weighted by Gasteiger charge is 2.11. The zero-order valence-electron chi connectivity index (χ0n) is 11.2.